The van der Waals surface area contributed by atoms with E-state index in [2.05, 4.69) is 17.2 Å². The zero-order valence-electron chi connectivity index (χ0n) is 10.9. The maximum absolute atomic E-state index is 12.0. The molecule has 1 fully saturated rings. The van der Waals surface area contributed by atoms with E-state index in [1.807, 2.05) is 0 Å². The normalized spacial score (nSPS) is 23.0. The van der Waals surface area contributed by atoms with Crippen LogP contribution in [0.25, 0.3) is 0 Å². The van der Waals surface area contributed by atoms with E-state index in [0.29, 0.717) is 18.0 Å². The molecule has 2 unspecified atom stereocenters. The Morgan fingerprint density at radius 3 is 3.06 bits per heavy atom. The lowest BCUT2D eigenvalue weighted by atomic mass is 10.1. The molecule has 2 atom stereocenters. The molecule has 3 N–H and O–H groups in total. The zero-order valence-corrected chi connectivity index (χ0v) is 10.9. The van der Waals surface area contributed by atoms with E-state index >= 15 is 0 Å². The molecule has 2 rings (SSSR count). The van der Waals surface area contributed by atoms with Crippen molar-refractivity contribution < 1.29 is 4.79 Å². The SMILES string of the molecule is CC1CCC(CNC(=O)c2ccnc(CN)c2)C1. The number of carbonyl (C=O) groups excluding carboxylic acids is 1. The molecule has 1 aromatic heterocycles. The van der Waals surface area contributed by atoms with Crippen molar-refractivity contribution >= 4 is 5.91 Å². The Kier molecular flexibility index (Phi) is 4.31. The van der Waals surface area contributed by atoms with Crippen molar-refractivity contribution in [1.29, 1.82) is 0 Å². The van der Waals surface area contributed by atoms with E-state index in [9.17, 15) is 4.79 Å². The van der Waals surface area contributed by atoms with Gasteiger partial charge in [0.25, 0.3) is 5.91 Å². The molecule has 1 aliphatic rings. The number of nitrogens with one attached hydrogen (secondary N) is 1. The van der Waals surface area contributed by atoms with E-state index in [1.165, 1.54) is 19.3 Å². The van der Waals surface area contributed by atoms with Gasteiger partial charge in [0.2, 0.25) is 0 Å². The summed E-state index contributed by atoms with van der Waals surface area (Å²) >= 11 is 0. The molecule has 0 bridgehead atoms. The van der Waals surface area contributed by atoms with Crippen LogP contribution in [-0.2, 0) is 6.54 Å². The zero-order chi connectivity index (χ0) is 13.0. The Labute approximate surface area is 108 Å². The fourth-order valence-corrected chi connectivity index (χ4v) is 2.58. The number of aromatic nitrogens is 1. The number of hydrogen-bond acceptors (Lipinski definition) is 3. The number of nitrogens with two attached hydrogens (primary N) is 1. The van der Waals surface area contributed by atoms with Gasteiger partial charge < -0.3 is 11.1 Å². The third kappa shape index (κ3) is 3.29. The van der Waals surface area contributed by atoms with E-state index < -0.39 is 0 Å². The van der Waals surface area contributed by atoms with Crippen molar-refractivity contribution in [1.82, 2.24) is 10.3 Å². The third-order valence-electron chi connectivity index (χ3n) is 3.64. The van der Waals surface area contributed by atoms with Crippen LogP contribution in [0, 0.1) is 11.8 Å². The second-order valence-corrected chi connectivity index (χ2v) is 5.23. The first-order chi connectivity index (χ1) is 8.69. The molecule has 98 valence electrons. The van der Waals surface area contributed by atoms with Gasteiger partial charge in [-0.1, -0.05) is 13.3 Å². The van der Waals surface area contributed by atoms with Gasteiger partial charge in [-0.15, -0.1) is 0 Å². The molecule has 18 heavy (non-hydrogen) atoms. The summed E-state index contributed by atoms with van der Waals surface area (Å²) in [5, 5.41) is 3.01. The highest BCUT2D eigenvalue weighted by atomic mass is 16.1. The van der Waals surface area contributed by atoms with Gasteiger partial charge in [0.05, 0.1) is 5.69 Å². The first-order valence-corrected chi connectivity index (χ1v) is 6.62. The average Bonchev–Trinajstić information content (AvgIpc) is 2.82. The Hall–Kier alpha value is -1.42. The van der Waals surface area contributed by atoms with Gasteiger partial charge in [0, 0.05) is 24.8 Å². The monoisotopic (exact) mass is 247 g/mol. The van der Waals surface area contributed by atoms with Crippen LogP contribution >= 0.6 is 0 Å². The predicted octanol–water partition coefficient (Wildman–Crippen LogP) is 1.71. The van der Waals surface area contributed by atoms with Crippen LogP contribution in [0.5, 0.6) is 0 Å². The fourth-order valence-electron chi connectivity index (χ4n) is 2.58. The van der Waals surface area contributed by atoms with Gasteiger partial charge in [-0.05, 0) is 36.8 Å². The molecule has 0 aromatic carbocycles. The highest BCUT2D eigenvalue weighted by molar-refractivity contribution is 5.94. The number of rotatable bonds is 4. The predicted molar refractivity (Wildman–Crippen MR) is 71.0 cm³/mol. The molecule has 1 aromatic rings. The van der Waals surface area contributed by atoms with Crippen LogP contribution in [0.15, 0.2) is 18.3 Å². The third-order valence-corrected chi connectivity index (χ3v) is 3.64. The second kappa shape index (κ2) is 5.96. The molecule has 4 nitrogen and oxygen atoms in total. The van der Waals surface area contributed by atoms with Crippen LogP contribution < -0.4 is 11.1 Å². The van der Waals surface area contributed by atoms with E-state index in [4.69, 9.17) is 5.73 Å². The Morgan fingerprint density at radius 1 is 1.56 bits per heavy atom. The van der Waals surface area contributed by atoms with Crippen LogP contribution in [-0.4, -0.2) is 17.4 Å². The summed E-state index contributed by atoms with van der Waals surface area (Å²) in [5.74, 6) is 1.42. The Morgan fingerprint density at radius 2 is 2.39 bits per heavy atom. The van der Waals surface area contributed by atoms with Gasteiger partial charge in [-0.3, -0.25) is 9.78 Å². The Balaban J connectivity index is 1.87. The smallest absolute Gasteiger partial charge is 0.251 e. The molecule has 0 saturated heterocycles. The lowest BCUT2D eigenvalue weighted by Crippen LogP contribution is -2.28. The summed E-state index contributed by atoms with van der Waals surface area (Å²) < 4.78 is 0. The maximum atomic E-state index is 12.0. The topological polar surface area (TPSA) is 68.0 Å². The quantitative estimate of drug-likeness (QED) is 0.851. The summed E-state index contributed by atoms with van der Waals surface area (Å²) in [5.41, 5.74) is 6.91. The Bertz CT molecular complexity index is 419. The first kappa shape index (κ1) is 13.0. The van der Waals surface area contributed by atoms with E-state index in [0.717, 1.165) is 18.2 Å². The molecule has 1 aliphatic carbocycles. The number of hydrogen-bond donors (Lipinski definition) is 2. The van der Waals surface area contributed by atoms with Crippen molar-refractivity contribution in [2.75, 3.05) is 6.54 Å². The van der Waals surface area contributed by atoms with Crippen molar-refractivity contribution in [3.05, 3.63) is 29.6 Å². The van der Waals surface area contributed by atoms with Crippen molar-refractivity contribution in [3.63, 3.8) is 0 Å². The number of nitrogens with zero attached hydrogens (tertiary/aromatic N) is 1. The molecular formula is C14H21N3O. The highest BCUT2D eigenvalue weighted by Crippen LogP contribution is 2.29. The maximum Gasteiger partial charge on any atom is 0.251 e. The van der Waals surface area contributed by atoms with Crippen LogP contribution in [0.2, 0.25) is 0 Å². The molecule has 0 aliphatic heterocycles. The molecule has 0 radical (unpaired) electrons. The molecule has 4 heteroatoms. The molecular weight excluding hydrogens is 226 g/mol. The minimum Gasteiger partial charge on any atom is -0.352 e. The molecule has 0 spiro atoms. The van der Waals surface area contributed by atoms with Crippen LogP contribution in [0.1, 0.15) is 42.2 Å². The largest absolute Gasteiger partial charge is 0.352 e. The second-order valence-electron chi connectivity index (χ2n) is 5.23. The summed E-state index contributed by atoms with van der Waals surface area (Å²) in [6, 6.07) is 3.48. The average molecular weight is 247 g/mol. The van der Waals surface area contributed by atoms with Crippen molar-refractivity contribution in [2.45, 2.75) is 32.7 Å². The highest BCUT2D eigenvalue weighted by Gasteiger charge is 2.21. The number of pyridine rings is 1. The van der Waals surface area contributed by atoms with Gasteiger partial charge in [0.15, 0.2) is 0 Å². The number of carbonyl (C=O) groups is 1. The molecule has 1 saturated carbocycles. The van der Waals surface area contributed by atoms with Gasteiger partial charge in [0.1, 0.15) is 0 Å². The van der Waals surface area contributed by atoms with Crippen molar-refractivity contribution in [3.8, 4) is 0 Å². The fraction of sp³-hybridized carbons (Fsp3) is 0.571. The summed E-state index contributed by atoms with van der Waals surface area (Å²) in [6.07, 6.45) is 5.37. The van der Waals surface area contributed by atoms with Crippen LogP contribution in [0.3, 0.4) is 0 Å². The standard InChI is InChI=1S/C14H21N3O/c1-10-2-3-11(6-10)9-17-14(18)12-4-5-16-13(7-12)8-15/h4-5,7,10-11H,2-3,6,8-9,15H2,1H3,(H,17,18). The van der Waals surface area contributed by atoms with Crippen molar-refractivity contribution in [2.24, 2.45) is 17.6 Å². The number of amides is 1. The molecule has 1 heterocycles. The lowest BCUT2D eigenvalue weighted by Gasteiger charge is -2.11. The minimum absolute atomic E-state index is 0.0216. The van der Waals surface area contributed by atoms with Gasteiger partial charge >= 0.3 is 0 Å². The van der Waals surface area contributed by atoms with E-state index in [1.54, 1.807) is 18.3 Å². The summed E-state index contributed by atoms with van der Waals surface area (Å²) in [4.78, 5) is 16.1. The minimum atomic E-state index is -0.0216. The van der Waals surface area contributed by atoms with Crippen LogP contribution in [0.4, 0.5) is 0 Å². The first-order valence-electron chi connectivity index (χ1n) is 6.62. The summed E-state index contributed by atoms with van der Waals surface area (Å²) in [7, 11) is 0. The van der Waals surface area contributed by atoms with Gasteiger partial charge in [-0.2, -0.15) is 0 Å². The lowest BCUT2D eigenvalue weighted by molar-refractivity contribution is 0.0947. The summed E-state index contributed by atoms with van der Waals surface area (Å²) in [6.45, 7) is 3.42. The van der Waals surface area contributed by atoms with Gasteiger partial charge in [-0.25, -0.2) is 0 Å². The molecule has 1 amide bonds. The van der Waals surface area contributed by atoms with E-state index in [-0.39, 0.29) is 5.91 Å².